The first-order valence-corrected chi connectivity index (χ1v) is 6.84. The van der Waals surface area contributed by atoms with Crippen molar-refractivity contribution in [3.05, 3.63) is 0 Å². The van der Waals surface area contributed by atoms with Crippen LogP contribution in [-0.2, 0) is 4.74 Å². The molecule has 16 heavy (non-hydrogen) atoms. The summed E-state index contributed by atoms with van der Waals surface area (Å²) in [5.41, 5.74) is 0. The number of likely N-dealkylation sites (N-methyl/N-ethyl adjacent to an activating group) is 1. The first kappa shape index (κ1) is 12.3. The van der Waals surface area contributed by atoms with Crippen molar-refractivity contribution in [2.45, 2.75) is 38.1 Å². The van der Waals surface area contributed by atoms with Gasteiger partial charge < -0.3 is 15.0 Å². The van der Waals surface area contributed by atoms with E-state index >= 15 is 0 Å². The van der Waals surface area contributed by atoms with E-state index < -0.39 is 0 Å². The number of ether oxygens (including phenoxy) is 1. The average molecular weight is 226 g/mol. The van der Waals surface area contributed by atoms with Crippen molar-refractivity contribution in [3.8, 4) is 0 Å². The number of rotatable bonds is 10. The molecule has 0 aromatic rings. The highest BCUT2D eigenvalue weighted by atomic mass is 16.5. The smallest absolute Gasteiger partial charge is 0.0593 e. The Morgan fingerprint density at radius 3 is 2.69 bits per heavy atom. The molecule has 0 aromatic carbocycles. The summed E-state index contributed by atoms with van der Waals surface area (Å²) in [6.07, 6.45) is 6.83. The van der Waals surface area contributed by atoms with Gasteiger partial charge in [0.1, 0.15) is 0 Å². The van der Waals surface area contributed by atoms with E-state index in [-0.39, 0.29) is 0 Å². The second-order valence-corrected chi connectivity index (χ2v) is 5.40. The lowest BCUT2D eigenvalue weighted by Gasteiger charge is -2.16. The van der Waals surface area contributed by atoms with Crippen molar-refractivity contribution in [1.29, 1.82) is 0 Å². The van der Waals surface area contributed by atoms with Gasteiger partial charge in [0.15, 0.2) is 0 Å². The first-order valence-electron chi connectivity index (χ1n) is 6.84. The number of hydrogen-bond acceptors (Lipinski definition) is 3. The Bertz CT molecular complexity index is 170. The van der Waals surface area contributed by atoms with Crippen molar-refractivity contribution in [2.24, 2.45) is 5.92 Å². The Morgan fingerprint density at radius 2 is 2.00 bits per heavy atom. The molecule has 0 saturated heterocycles. The Balaban J connectivity index is 1.33. The van der Waals surface area contributed by atoms with Crippen LogP contribution in [0.25, 0.3) is 0 Å². The third-order valence-electron chi connectivity index (χ3n) is 3.39. The van der Waals surface area contributed by atoms with Crippen molar-refractivity contribution in [1.82, 2.24) is 10.2 Å². The van der Waals surface area contributed by atoms with Crippen LogP contribution < -0.4 is 5.32 Å². The molecule has 0 bridgehead atoms. The molecule has 2 aliphatic rings. The molecule has 0 aromatic heterocycles. The van der Waals surface area contributed by atoms with Crippen LogP contribution in [0.15, 0.2) is 0 Å². The van der Waals surface area contributed by atoms with Gasteiger partial charge in [-0.25, -0.2) is 0 Å². The van der Waals surface area contributed by atoms with Crippen molar-refractivity contribution in [3.63, 3.8) is 0 Å². The monoisotopic (exact) mass is 226 g/mol. The molecule has 2 fully saturated rings. The van der Waals surface area contributed by atoms with Crippen LogP contribution in [-0.4, -0.2) is 50.8 Å². The van der Waals surface area contributed by atoms with Crippen molar-refractivity contribution in [2.75, 3.05) is 39.9 Å². The average Bonchev–Trinajstić information content (AvgIpc) is 3.14. The lowest BCUT2D eigenvalue weighted by molar-refractivity contribution is 0.103. The minimum absolute atomic E-state index is 0.854. The summed E-state index contributed by atoms with van der Waals surface area (Å²) in [4.78, 5) is 2.38. The van der Waals surface area contributed by atoms with E-state index in [1.54, 1.807) is 0 Å². The van der Waals surface area contributed by atoms with Crippen LogP contribution in [0, 0.1) is 5.92 Å². The van der Waals surface area contributed by atoms with Crippen LogP contribution in [0.2, 0.25) is 0 Å². The summed E-state index contributed by atoms with van der Waals surface area (Å²) in [6.45, 7) is 5.35. The molecule has 2 saturated carbocycles. The minimum Gasteiger partial charge on any atom is -0.380 e. The number of nitrogens with one attached hydrogen (secondary N) is 1. The lowest BCUT2D eigenvalue weighted by atomic mass is 10.4. The van der Waals surface area contributed by atoms with Gasteiger partial charge in [0.2, 0.25) is 0 Å². The molecule has 0 unspecified atom stereocenters. The molecule has 0 amide bonds. The summed E-state index contributed by atoms with van der Waals surface area (Å²) in [5.74, 6) is 0.896. The Kier molecular flexibility index (Phi) is 5.07. The summed E-state index contributed by atoms with van der Waals surface area (Å²) >= 11 is 0. The van der Waals surface area contributed by atoms with Gasteiger partial charge in [-0.1, -0.05) is 0 Å². The van der Waals surface area contributed by atoms with Gasteiger partial charge in [-0.2, -0.15) is 0 Å². The van der Waals surface area contributed by atoms with Crippen LogP contribution >= 0.6 is 0 Å². The van der Waals surface area contributed by atoms with Crippen LogP contribution in [0.5, 0.6) is 0 Å². The molecular formula is C13H26N2O. The van der Waals surface area contributed by atoms with Crippen LogP contribution in [0.3, 0.4) is 0 Å². The fraction of sp³-hybridized carbons (Fsp3) is 1.00. The van der Waals surface area contributed by atoms with E-state index in [2.05, 4.69) is 17.3 Å². The van der Waals surface area contributed by atoms with E-state index in [0.29, 0.717) is 0 Å². The predicted octanol–water partition coefficient (Wildman–Crippen LogP) is 1.49. The van der Waals surface area contributed by atoms with Crippen LogP contribution in [0.4, 0.5) is 0 Å². The lowest BCUT2D eigenvalue weighted by Crippen LogP contribution is -2.28. The third kappa shape index (κ3) is 5.83. The summed E-state index contributed by atoms with van der Waals surface area (Å²) in [6, 6.07) is 0.854. The van der Waals surface area contributed by atoms with Gasteiger partial charge in [0, 0.05) is 19.2 Å². The Labute approximate surface area is 99.5 Å². The van der Waals surface area contributed by atoms with E-state index in [0.717, 1.165) is 31.7 Å². The van der Waals surface area contributed by atoms with Crippen LogP contribution in [0.1, 0.15) is 32.1 Å². The second kappa shape index (κ2) is 6.58. The number of nitrogens with zero attached hydrogens (tertiary/aromatic N) is 1. The highest BCUT2D eigenvalue weighted by molar-refractivity contribution is 4.80. The summed E-state index contributed by atoms with van der Waals surface area (Å²) in [5, 5.41) is 3.54. The summed E-state index contributed by atoms with van der Waals surface area (Å²) < 4.78 is 5.63. The highest BCUT2D eigenvalue weighted by Crippen LogP contribution is 2.28. The molecule has 1 N–H and O–H groups in total. The third-order valence-corrected chi connectivity index (χ3v) is 3.39. The van der Waals surface area contributed by atoms with Gasteiger partial charge in [-0.05, 0) is 58.2 Å². The van der Waals surface area contributed by atoms with Crippen molar-refractivity contribution >= 4 is 0 Å². The Morgan fingerprint density at radius 1 is 1.19 bits per heavy atom. The zero-order chi connectivity index (χ0) is 11.2. The van der Waals surface area contributed by atoms with E-state index in [4.69, 9.17) is 4.74 Å². The van der Waals surface area contributed by atoms with E-state index in [1.807, 2.05) is 0 Å². The molecule has 0 aliphatic heterocycles. The molecule has 94 valence electrons. The molecular weight excluding hydrogens is 200 g/mol. The van der Waals surface area contributed by atoms with Gasteiger partial charge in [-0.15, -0.1) is 0 Å². The normalized spacial score (nSPS) is 20.6. The predicted molar refractivity (Wildman–Crippen MR) is 66.7 cm³/mol. The molecule has 3 nitrogen and oxygen atoms in total. The zero-order valence-corrected chi connectivity index (χ0v) is 10.6. The Hall–Kier alpha value is -0.120. The van der Waals surface area contributed by atoms with Crippen molar-refractivity contribution < 1.29 is 4.74 Å². The van der Waals surface area contributed by atoms with Gasteiger partial charge in [0.25, 0.3) is 0 Å². The number of hydrogen-bond donors (Lipinski definition) is 1. The molecule has 0 radical (unpaired) electrons. The highest BCUT2D eigenvalue weighted by Gasteiger charge is 2.21. The molecule has 3 heteroatoms. The molecule has 0 heterocycles. The quantitative estimate of drug-likeness (QED) is 0.571. The maximum absolute atomic E-state index is 5.63. The van der Waals surface area contributed by atoms with Gasteiger partial charge in [0.05, 0.1) is 6.61 Å². The van der Waals surface area contributed by atoms with E-state index in [9.17, 15) is 0 Å². The molecule has 2 aliphatic carbocycles. The SMILES string of the molecule is CN(CCCNC1CC1)CCOCC1CC1. The second-order valence-electron chi connectivity index (χ2n) is 5.40. The fourth-order valence-electron chi connectivity index (χ4n) is 1.81. The van der Waals surface area contributed by atoms with Gasteiger partial charge >= 0.3 is 0 Å². The summed E-state index contributed by atoms with van der Waals surface area (Å²) in [7, 11) is 2.19. The minimum atomic E-state index is 0.854. The van der Waals surface area contributed by atoms with Gasteiger partial charge in [-0.3, -0.25) is 0 Å². The molecule has 0 spiro atoms. The largest absolute Gasteiger partial charge is 0.380 e. The maximum Gasteiger partial charge on any atom is 0.0593 e. The topological polar surface area (TPSA) is 24.5 Å². The zero-order valence-electron chi connectivity index (χ0n) is 10.6. The molecule has 0 atom stereocenters. The first-order chi connectivity index (χ1) is 7.84. The van der Waals surface area contributed by atoms with E-state index in [1.165, 1.54) is 45.2 Å². The standard InChI is InChI=1S/C13H26N2O/c1-15(8-2-7-14-13-5-6-13)9-10-16-11-12-3-4-12/h12-14H,2-11H2,1H3. The maximum atomic E-state index is 5.63. The fourth-order valence-corrected chi connectivity index (χ4v) is 1.81. The molecule has 2 rings (SSSR count).